The maximum Gasteiger partial charge on any atom is 0.213 e. The molecule has 2 rings (SSSR count). The average molecular weight is 300 g/mol. The molecule has 0 saturated heterocycles. The van der Waals surface area contributed by atoms with Crippen LogP contribution in [0.15, 0.2) is 30.3 Å². The molecule has 20 heavy (non-hydrogen) atoms. The number of benzene rings is 1. The van der Waals surface area contributed by atoms with Gasteiger partial charge in [-0.15, -0.1) is 11.6 Å². The summed E-state index contributed by atoms with van der Waals surface area (Å²) in [6.07, 6.45) is 0. The zero-order valence-corrected chi connectivity index (χ0v) is 11.5. The van der Waals surface area contributed by atoms with Gasteiger partial charge in [-0.2, -0.15) is 0 Å². The number of methoxy groups -OCH3 is 1. The molecule has 1 aromatic heterocycles. The molecule has 106 valence electrons. The lowest BCUT2D eigenvalue weighted by Gasteiger charge is -2.09. The van der Waals surface area contributed by atoms with Crippen molar-refractivity contribution in [1.29, 1.82) is 0 Å². The third-order valence-electron chi connectivity index (χ3n) is 2.57. The van der Waals surface area contributed by atoms with Gasteiger partial charge in [0.2, 0.25) is 5.88 Å². The first-order valence-corrected chi connectivity index (χ1v) is 6.34. The topological polar surface area (TPSA) is 31.4 Å². The molecule has 1 aromatic carbocycles. The molecule has 0 bridgehead atoms. The molecule has 0 aliphatic rings. The van der Waals surface area contributed by atoms with Gasteiger partial charge in [-0.25, -0.2) is 13.8 Å². The summed E-state index contributed by atoms with van der Waals surface area (Å²) in [5, 5.41) is 0. The van der Waals surface area contributed by atoms with Crippen molar-refractivity contribution in [2.75, 3.05) is 7.11 Å². The van der Waals surface area contributed by atoms with Crippen LogP contribution in [0.1, 0.15) is 11.3 Å². The minimum Gasteiger partial charge on any atom is -0.481 e. The van der Waals surface area contributed by atoms with E-state index in [-0.39, 0.29) is 12.5 Å². The largest absolute Gasteiger partial charge is 0.481 e. The normalized spacial score (nSPS) is 10.4. The predicted molar refractivity (Wildman–Crippen MR) is 71.0 cm³/mol. The Hall–Kier alpha value is -1.88. The smallest absolute Gasteiger partial charge is 0.213 e. The standard InChI is InChI=1S/C14H12ClF2NO2/c1-19-13-4-2-3-10(18-13)8-20-14-11(16)5-9(7-15)6-12(14)17/h2-6H,7-8H2,1H3. The molecule has 0 unspecified atom stereocenters. The zero-order chi connectivity index (χ0) is 14.5. The second kappa shape index (κ2) is 6.52. The molecule has 2 aromatic rings. The monoisotopic (exact) mass is 299 g/mol. The number of rotatable bonds is 5. The van der Waals surface area contributed by atoms with E-state index in [0.717, 1.165) is 12.1 Å². The molecule has 0 radical (unpaired) electrons. The van der Waals surface area contributed by atoms with E-state index in [4.69, 9.17) is 21.1 Å². The summed E-state index contributed by atoms with van der Waals surface area (Å²) >= 11 is 5.53. The summed E-state index contributed by atoms with van der Waals surface area (Å²) in [5.41, 5.74) is 0.859. The Morgan fingerprint density at radius 2 is 1.90 bits per heavy atom. The van der Waals surface area contributed by atoms with Gasteiger partial charge in [0.1, 0.15) is 6.61 Å². The molecule has 0 N–H and O–H groups in total. The summed E-state index contributed by atoms with van der Waals surface area (Å²) in [7, 11) is 1.48. The first-order valence-electron chi connectivity index (χ1n) is 5.80. The van der Waals surface area contributed by atoms with Gasteiger partial charge < -0.3 is 9.47 Å². The van der Waals surface area contributed by atoms with Crippen molar-refractivity contribution < 1.29 is 18.3 Å². The highest BCUT2D eigenvalue weighted by molar-refractivity contribution is 6.17. The number of hydrogen-bond donors (Lipinski definition) is 0. The molecule has 0 atom stereocenters. The molecule has 3 nitrogen and oxygen atoms in total. The molecule has 0 saturated carbocycles. The Morgan fingerprint density at radius 1 is 1.20 bits per heavy atom. The van der Waals surface area contributed by atoms with Crippen LogP contribution in [0.2, 0.25) is 0 Å². The van der Waals surface area contributed by atoms with Crippen molar-refractivity contribution in [2.45, 2.75) is 12.5 Å². The Kier molecular flexibility index (Phi) is 4.74. The summed E-state index contributed by atoms with van der Waals surface area (Å²) in [6.45, 7) is -0.0642. The fraction of sp³-hybridized carbons (Fsp3) is 0.214. The van der Waals surface area contributed by atoms with Gasteiger partial charge in [-0.3, -0.25) is 0 Å². The van der Waals surface area contributed by atoms with Gasteiger partial charge >= 0.3 is 0 Å². The van der Waals surface area contributed by atoms with Crippen molar-refractivity contribution in [2.24, 2.45) is 0 Å². The zero-order valence-electron chi connectivity index (χ0n) is 10.7. The molecule has 0 amide bonds. The maximum absolute atomic E-state index is 13.7. The quantitative estimate of drug-likeness (QED) is 0.789. The van der Waals surface area contributed by atoms with E-state index in [2.05, 4.69) is 4.98 Å². The van der Waals surface area contributed by atoms with Crippen molar-refractivity contribution in [3.8, 4) is 11.6 Å². The molecular formula is C14H12ClF2NO2. The van der Waals surface area contributed by atoms with E-state index in [0.29, 0.717) is 17.1 Å². The van der Waals surface area contributed by atoms with E-state index in [1.807, 2.05) is 0 Å². The maximum atomic E-state index is 13.7. The number of ether oxygens (including phenoxy) is 2. The highest BCUT2D eigenvalue weighted by Crippen LogP contribution is 2.25. The first kappa shape index (κ1) is 14.5. The van der Waals surface area contributed by atoms with E-state index >= 15 is 0 Å². The number of aromatic nitrogens is 1. The molecule has 6 heteroatoms. The highest BCUT2D eigenvalue weighted by Gasteiger charge is 2.13. The lowest BCUT2D eigenvalue weighted by molar-refractivity contribution is 0.268. The van der Waals surface area contributed by atoms with E-state index in [1.165, 1.54) is 7.11 Å². The third-order valence-corrected chi connectivity index (χ3v) is 2.88. The highest BCUT2D eigenvalue weighted by atomic mass is 35.5. The number of nitrogens with zero attached hydrogens (tertiary/aromatic N) is 1. The van der Waals surface area contributed by atoms with Crippen molar-refractivity contribution in [1.82, 2.24) is 4.98 Å². The fourth-order valence-corrected chi connectivity index (χ4v) is 1.78. The Labute approximate surface area is 120 Å². The molecule has 0 fully saturated rings. The second-order valence-corrected chi connectivity index (χ2v) is 4.25. The minimum absolute atomic E-state index is 0.0333. The van der Waals surface area contributed by atoms with Crippen LogP contribution in [0.3, 0.4) is 0 Å². The second-order valence-electron chi connectivity index (χ2n) is 3.98. The van der Waals surface area contributed by atoms with Crippen LogP contribution in [0.25, 0.3) is 0 Å². The van der Waals surface area contributed by atoms with Crippen LogP contribution in [-0.2, 0) is 12.5 Å². The van der Waals surface area contributed by atoms with Gasteiger partial charge in [0.25, 0.3) is 0 Å². The fourth-order valence-electron chi connectivity index (χ4n) is 1.63. The molecular weight excluding hydrogens is 288 g/mol. The van der Waals surface area contributed by atoms with Gasteiger partial charge in [0.05, 0.1) is 12.8 Å². The third kappa shape index (κ3) is 3.36. The number of pyridine rings is 1. The van der Waals surface area contributed by atoms with Crippen LogP contribution in [0.4, 0.5) is 8.78 Å². The summed E-state index contributed by atoms with van der Waals surface area (Å²) in [4.78, 5) is 4.09. The van der Waals surface area contributed by atoms with Crippen molar-refractivity contribution >= 4 is 11.6 Å². The summed E-state index contributed by atoms with van der Waals surface area (Å²) in [6, 6.07) is 7.34. The Morgan fingerprint density at radius 3 is 2.50 bits per heavy atom. The van der Waals surface area contributed by atoms with Crippen LogP contribution in [-0.4, -0.2) is 12.1 Å². The van der Waals surface area contributed by atoms with Crippen LogP contribution < -0.4 is 9.47 Å². The van der Waals surface area contributed by atoms with E-state index in [9.17, 15) is 8.78 Å². The number of halogens is 3. The van der Waals surface area contributed by atoms with E-state index in [1.54, 1.807) is 18.2 Å². The molecule has 0 spiro atoms. The van der Waals surface area contributed by atoms with Gasteiger partial charge in [-0.1, -0.05) is 6.07 Å². The predicted octanol–water partition coefficient (Wildman–Crippen LogP) is 3.69. The van der Waals surface area contributed by atoms with Crippen molar-refractivity contribution in [3.05, 3.63) is 53.2 Å². The Bertz CT molecular complexity index is 584. The average Bonchev–Trinajstić information content (AvgIpc) is 2.46. The van der Waals surface area contributed by atoms with E-state index < -0.39 is 17.4 Å². The lowest BCUT2D eigenvalue weighted by Crippen LogP contribution is -2.03. The van der Waals surface area contributed by atoms with Gasteiger partial charge in [-0.05, 0) is 23.8 Å². The number of hydrogen-bond acceptors (Lipinski definition) is 3. The molecule has 0 aliphatic carbocycles. The number of alkyl halides is 1. The minimum atomic E-state index is -0.788. The lowest BCUT2D eigenvalue weighted by atomic mass is 10.2. The first-order chi connectivity index (χ1) is 9.63. The van der Waals surface area contributed by atoms with Crippen LogP contribution in [0.5, 0.6) is 11.6 Å². The molecule has 0 aliphatic heterocycles. The Balaban J connectivity index is 2.14. The van der Waals surface area contributed by atoms with Gasteiger partial charge in [0, 0.05) is 11.9 Å². The van der Waals surface area contributed by atoms with Gasteiger partial charge in [0.15, 0.2) is 17.4 Å². The summed E-state index contributed by atoms with van der Waals surface area (Å²) in [5.74, 6) is -1.58. The van der Waals surface area contributed by atoms with Crippen molar-refractivity contribution in [3.63, 3.8) is 0 Å². The SMILES string of the molecule is COc1cccc(COc2c(F)cc(CCl)cc2F)n1. The van der Waals surface area contributed by atoms with Crippen LogP contribution in [0, 0.1) is 11.6 Å². The molecule has 1 heterocycles. The summed E-state index contributed by atoms with van der Waals surface area (Å²) < 4.78 is 37.5. The van der Waals surface area contributed by atoms with Crippen LogP contribution >= 0.6 is 11.6 Å².